The number of anilines is 2. The normalized spacial score (nSPS) is 9.79. The molecule has 19 heavy (non-hydrogen) atoms. The first-order valence-corrected chi connectivity index (χ1v) is 5.64. The molecule has 0 aliphatic rings. The van der Waals surface area contributed by atoms with Crippen molar-refractivity contribution >= 4 is 23.4 Å². The van der Waals surface area contributed by atoms with Crippen LogP contribution in [0.5, 0.6) is 5.75 Å². The molecule has 0 bridgehead atoms. The Kier molecular flexibility index (Phi) is 4.99. The minimum absolute atomic E-state index is 0.140. The molecule has 0 saturated heterocycles. The molecule has 0 unspecified atom stereocenters. The van der Waals surface area contributed by atoms with E-state index in [1.165, 1.54) is 18.9 Å². The van der Waals surface area contributed by atoms with Gasteiger partial charge in [0, 0.05) is 31.8 Å². The number of methoxy groups -OCH3 is 1. The highest BCUT2D eigenvalue weighted by molar-refractivity contribution is 5.92. The lowest BCUT2D eigenvalue weighted by atomic mass is 10.2. The van der Waals surface area contributed by atoms with E-state index in [-0.39, 0.29) is 19.0 Å². The van der Waals surface area contributed by atoms with Crippen molar-refractivity contribution < 1.29 is 19.4 Å². The predicted octanol–water partition coefficient (Wildman–Crippen LogP) is 0.898. The van der Waals surface area contributed by atoms with Gasteiger partial charge in [-0.25, -0.2) is 4.79 Å². The topological polar surface area (TPSA) is 105 Å². The summed E-state index contributed by atoms with van der Waals surface area (Å²) in [5.41, 5.74) is 6.77. The molecule has 7 nitrogen and oxygen atoms in total. The fraction of sp³-hybridized carbons (Fsp3) is 0.333. The van der Waals surface area contributed by atoms with Gasteiger partial charge in [0.15, 0.2) is 0 Å². The zero-order valence-electron chi connectivity index (χ0n) is 10.8. The molecule has 0 aromatic heterocycles. The number of carbonyl (C=O) groups is 2. The fourth-order valence-electron chi connectivity index (χ4n) is 1.61. The molecule has 0 saturated carbocycles. The highest BCUT2D eigenvalue weighted by Crippen LogP contribution is 2.27. The van der Waals surface area contributed by atoms with Crippen LogP contribution in [0, 0.1) is 0 Å². The first-order chi connectivity index (χ1) is 8.95. The highest BCUT2D eigenvalue weighted by Gasteiger charge is 2.13. The Morgan fingerprint density at radius 3 is 2.68 bits per heavy atom. The number of carboxylic acid groups (broad SMARTS) is 1. The number of carbonyl (C=O) groups excluding carboxylic acids is 1. The van der Waals surface area contributed by atoms with Gasteiger partial charge in [0.05, 0.1) is 12.8 Å². The fourth-order valence-corrected chi connectivity index (χ4v) is 1.61. The van der Waals surface area contributed by atoms with Gasteiger partial charge in [0.25, 0.3) is 0 Å². The van der Waals surface area contributed by atoms with E-state index in [2.05, 4.69) is 5.32 Å². The van der Waals surface area contributed by atoms with Gasteiger partial charge in [-0.1, -0.05) is 0 Å². The van der Waals surface area contributed by atoms with Crippen molar-refractivity contribution in [2.75, 3.05) is 30.8 Å². The molecule has 0 aliphatic heterocycles. The van der Waals surface area contributed by atoms with Crippen LogP contribution in [0.1, 0.15) is 6.92 Å². The Morgan fingerprint density at radius 2 is 2.16 bits per heavy atom. The lowest BCUT2D eigenvalue weighted by Gasteiger charge is -2.22. The molecule has 0 radical (unpaired) electrons. The summed E-state index contributed by atoms with van der Waals surface area (Å²) in [7, 11) is 1.49. The van der Waals surface area contributed by atoms with Crippen LogP contribution < -0.4 is 20.7 Å². The second-order valence-electron chi connectivity index (χ2n) is 3.83. The van der Waals surface area contributed by atoms with Gasteiger partial charge in [0.2, 0.25) is 5.91 Å². The number of hydrogen-bond donors (Lipinski definition) is 3. The van der Waals surface area contributed by atoms with Gasteiger partial charge in [-0.2, -0.15) is 0 Å². The Hall–Kier alpha value is -2.44. The average Bonchev–Trinajstić information content (AvgIpc) is 2.35. The molecule has 104 valence electrons. The molecule has 1 aromatic carbocycles. The van der Waals surface area contributed by atoms with Crippen LogP contribution in [0.2, 0.25) is 0 Å². The van der Waals surface area contributed by atoms with E-state index in [1.807, 2.05) is 0 Å². The Bertz CT molecular complexity index is 476. The summed E-state index contributed by atoms with van der Waals surface area (Å²) in [6.45, 7) is 1.78. The Balaban J connectivity index is 2.86. The van der Waals surface area contributed by atoms with E-state index >= 15 is 0 Å². The number of nitrogens with two attached hydrogens (primary N) is 1. The third-order valence-corrected chi connectivity index (χ3v) is 2.52. The Labute approximate surface area is 111 Å². The van der Waals surface area contributed by atoms with Crippen LogP contribution in [-0.4, -0.2) is 37.3 Å². The number of nitrogens with one attached hydrogen (secondary N) is 1. The maximum atomic E-state index is 11.6. The van der Waals surface area contributed by atoms with Crippen LogP contribution in [-0.2, 0) is 4.79 Å². The number of hydrogen-bond acceptors (Lipinski definition) is 4. The number of nitrogen functional groups attached to an aromatic ring is 1. The van der Waals surface area contributed by atoms with Crippen molar-refractivity contribution in [3.05, 3.63) is 18.2 Å². The summed E-state index contributed by atoms with van der Waals surface area (Å²) in [6, 6.07) is 4.95. The quantitative estimate of drug-likeness (QED) is 0.687. The minimum Gasteiger partial charge on any atom is -0.495 e. The summed E-state index contributed by atoms with van der Waals surface area (Å²) in [6.07, 6.45) is -1.13. The highest BCUT2D eigenvalue weighted by atomic mass is 16.5. The van der Waals surface area contributed by atoms with Crippen molar-refractivity contribution in [2.24, 2.45) is 0 Å². The van der Waals surface area contributed by atoms with Crippen molar-refractivity contribution in [3.63, 3.8) is 0 Å². The van der Waals surface area contributed by atoms with Crippen LogP contribution in [0.4, 0.5) is 16.2 Å². The first-order valence-electron chi connectivity index (χ1n) is 5.64. The predicted molar refractivity (Wildman–Crippen MR) is 71.5 cm³/mol. The molecule has 1 rings (SSSR count). The standard InChI is InChI=1S/C12H17N3O4/c1-8(16)15(6-5-14-12(17)18)9-3-4-10(13)11(7-9)19-2/h3-4,7,14H,5-6,13H2,1-2H3,(H,17,18). The third kappa shape index (κ3) is 4.06. The lowest BCUT2D eigenvalue weighted by molar-refractivity contribution is -0.116. The van der Waals surface area contributed by atoms with Crippen molar-refractivity contribution in [1.82, 2.24) is 5.32 Å². The van der Waals surface area contributed by atoms with Crippen molar-refractivity contribution in [1.29, 1.82) is 0 Å². The van der Waals surface area contributed by atoms with Crippen LogP contribution in [0.3, 0.4) is 0 Å². The zero-order valence-corrected chi connectivity index (χ0v) is 10.8. The van der Waals surface area contributed by atoms with Gasteiger partial charge in [0.1, 0.15) is 5.75 Å². The van der Waals surface area contributed by atoms with E-state index in [1.54, 1.807) is 18.2 Å². The van der Waals surface area contributed by atoms with E-state index in [0.717, 1.165) is 0 Å². The van der Waals surface area contributed by atoms with E-state index in [4.69, 9.17) is 15.6 Å². The maximum Gasteiger partial charge on any atom is 0.404 e. The second kappa shape index (κ2) is 6.48. The van der Waals surface area contributed by atoms with E-state index in [0.29, 0.717) is 17.1 Å². The minimum atomic E-state index is -1.13. The number of ether oxygens (including phenoxy) is 1. The molecule has 1 aromatic rings. The summed E-state index contributed by atoms with van der Waals surface area (Å²) < 4.78 is 5.09. The molecule has 2 amide bonds. The lowest BCUT2D eigenvalue weighted by Crippen LogP contribution is -2.37. The summed E-state index contributed by atoms with van der Waals surface area (Å²) in [4.78, 5) is 23.4. The van der Waals surface area contributed by atoms with E-state index in [9.17, 15) is 9.59 Å². The summed E-state index contributed by atoms with van der Waals surface area (Å²) in [5.74, 6) is 0.272. The number of nitrogens with zero attached hydrogens (tertiary/aromatic N) is 1. The summed E-state index contributed by atoms with van der Waals surface area (Å²) in [5, 5.41) is 10.7. The van der Waals surface area contributed by atoms with E-state index < -0.39 is 6.09 Å². The molecular formula is C12H17N3O4. The molecule has 4 N–H and O–H groups in total. The van der Waals surface area contributed by atoms with Crippen LogP contribution in [0.15, 0.2) is 18.2 Å². The van der Waals surface area contributed by atoms with Gasteiger partial charge >= 0.3 is 6.09 Å². The molecule has 7 heteroatoms. The first kappa shape index (κ1) is 14.6. The molecule has 0 aliphatic carbocycles. The molecule has 0 heterocycles. The van der Waals surface area contributed by atoms with Gasteiger partial charge in [-0.15, -0.1) is 0 Å². The van der Waals surface area contributed by atoms with Gasteiger partial charge in [-0.3, -0.25) is 4.79 Å². The monoisotopic (exact) mass is 267 g/mol. The SMILES string of the molecule is COc1cc(N(CCNC(=O)O)C(C)=O)ccc1N. The molecule has 0 atom stereocenters. The molecule has 0 fully saturated rings. The largest absolute Gasteiger partial charge is 0.495 e. The summed E-state index contributed by atoms with van der Waals surface area (Å²) >= 11 is 0. The smallest absolute Gasteiger partial charge is 0.404 e. The number of rotatable bonds is 5. The maximum absolute atomic E-state index is 11.6. The third-order valence-electron chi connectivity index (χ3n) is 2.52. The molecular weight excluding hydrogens is 250 g/mol. The van der Waals surface area contributed by atoms with Crippen molar-refractivity contribution in [2.45, 2.75) is 6.92 Å². The second-order valence-corrected chi connectivity index (χ2v) is 3.83. The Morgan fingerprint density at radius 1 is 1.47 bits per heavy atom. The zero-order chi connectivity index (χ0) is 14.4. The average molecular weight is 267 g/mol. The number of benzene rings is 1. The molecule has 0 spiro atoms. The van der Waals surface area contributed by atoms with Gasteiger partial charge < -0.3 is 25.8 Å². The number of amides is 2. The van der Waals surface area contributed by atoms with Gasteiger partial charge in [-0.05, 0) is 12.1 Å². The van der Waals surface area contributed by atoms with Crippen LogP contribution >= 0.6 is 0 Å². The van der Waals surface area contributed by atoms with Crippen molar-refractivity contribution in [3.8, 4) is 5.75 Å². The van der Waals surface area contributed by atoms with Crippen LogP contribution in [0.25, 0.3) is 0 Å².